The molecular weight excluding hydrogens is 261 g/mol. The third kappa shape index (κ3) is 3.14. The first-order chi connectivity index (χ1) is 9.45. The van der Waals surface area contributed by atoms with Crippen LogP contribution in [0.5, 0.6) is 0 Å². The van der Waals surface area contributed by atoms with Gasteiger partial charge in [-0.05, 0) is 23.8 Å². The van der Waals surface area contributed by atoms with Crippen LogP contribution in [0.2, 0.25) is 0 Å². The van der Waals surface area contributed by atoms with Crippen molar-refractivity contribution in [2.45, 2.75) is 0 Å². The van der Waals surface area contributed by atoms with Crippen LogP contribution in [0, 0.1) is 0 Å². The van der Waals surface area contributed by atoms with Gasteiger partial charge in [-0.1, -0.05) is 91.0 Å². The lowest BCUT2D eigenvalue weighted by molar-refractivity contribution is 1.74. The van der Waals surface area contributed by atoms with Gasteiger partial charge < -0.3 is 6.15 Å². The third-order valence-electron chi connectivity index (χ3n) is 3.04. The normalized spacial score (nSPS) is 10.1. The highest BCUT2D eigenvalue weighted by Crippen LogP contribution is 2.32. The number of hydrogen-bond acceptors (Lipinski definition) is 1. The van der Waals surface area contributed by atoms with Gasteiger partial charge in [0.25, 0.3) is 0 Å². The largest absolute Gasteiger partial charge is 0.344 e. The van der Waals surface area contributed by atoms with Gasteiger partial charge in [-0.25, -0.2) is 0 Å². The Kier molecular flexibility index (Phi) is 5.06. The lowest BCUT2D eigenvalue weighted by Gasteiger charge is -2.18. The summed E-state index contributed by atoms with van der Waals surface area (Å²) in [5, 5.41) is 4.19. The molecular formula is C18H18NP. The minimum Gasteiger partial charge on any atom is -0.344 e. The van der Waals surface area contributed by atoms with E-state index in [0.717, 1.165) is 0 Å². The smallest absolute Gasteiger partial charge is 0.0134 e. The topological polar surface area (TPSA) is 35.0 Å². The summed E-state index contributed by atoms with van der Waals surface area (Å²) in [6, 6.07) is 32.3. The first kappa shape index (κ1) is 14.5. The number of hydrogen-bond donors (Lipinski definition) is 1. The Hall–Kier alpha value is -1.95. The van der Waals surface area contributed by atoms with Crippen molar-refractivity contribution >= 4 is 23.8 Å². The first-order valence-corrected chi connectivity index (χ1v) is 7.74. The molecule has 0 heterocycles. The minimum absolute atomic E-state index is 0. The Bertz CT molecular complexity index is 529. The molecule has 0 saturated carbocycles. The highest BCUT2D eigenvalue weighted by atomic mass is 31.1. The van der Waals surface area contributed by atoms with Gasteiger partial charge in [0, 0.05) is 0 Å². The fourth-order valence-electron chi connectivity index (χ4n) is 2.18. The fourth-order valence-corrected chi connectivity index (χ4v) is 4.48. The molecule has 0 spiro atoms. The summed E-state index contributed by atoms with van der Waals surface area (Å²) in [4.78, 5) is 0. The van der Waals surface area contributed by atoms with Crippen LogP contribution in [0.3, 0.4) is 0 Å². The summed E-state index contributed by atoms with van der Waals surface area (Å²) in [5.41, 5.74) is 0. The summed E-state index contributed by atoms with van der Waals surface area (Å²) in [6.45, 7) is 0. The van der Waals surface area contributed by atoms with Crippen LogP contribution in [0.4, 0.5) is 0 Å². The molecule has 0 fully saturated rings. The van der Waals surface area contributed by atoms with E-state index in [4.69, 9.17) is 0 Å². The zero-order valence-electron chi connectivity index (χ0n) is 11.3. The van der Waals surface area contributed by atoms with Crippen LogP contribution < -0.4 is 22.1 Å². The van der Waals surface area contributed by atoms with E-state index in [-0.39, 0.29) is 6.15 Å². The van der Waals surface area contributed by atoms with Crippen molar-refractivity contribution in [3.63, 3.8) is 0 Å². The zero-order valence-corrected chi connectivity index (χ0v) is 12.2. The molecule has 0 amide bonds. The average Bonchev–Trinajstić information content (AvgIpc) is 2.51. The first-order valence-electron chi connectivity index (χ1n) is 6.40. The number of rotatable bonds is 3. The van der Waals surface area contributed by atoms with Crippen molar-refractivity contribution in [1.29, 1.82) is 0 Å². The number of benzene rings is 3. The van der Waals surface area contributed by atoms with E-state index in [2.05, 4.69) is 91.0 Å². The van der Waals surface area contributed by atoms with Crippen LogP contribution in [-0.4, -0.2) is 0 Å². The molecule has 2 heteroatoms. The molecule has 0 aliphatic carbocycles. The molecule has 0 atom stereocenters. The van der Waals surface area contributed by atoms with Crippen LogP contribution in [-0.2, 0) is 0 Å². The maximum Gasteiger partial charge on any atom is -0.0134 e. The lowest BCUT2D eigenvalue weighted by atomic mass is 10.4. The van der Waals surface area contributed by atoms with Crippen molar-refractivity contribution in [2.24, 2.45) is 0 Å². The van der Waals surface area contributed by atoms with Gasteiger partial charge >= 0.3 is 0 Å². The van der Waals surface area contributed by atoms with Crippen LogP contribution in [0.1, 0.15) is 0 Å². The van der Waals surface area contributed by atoms with Gasteiger partial charge in [-0.2, -0.15) is 0 Å². The van der Waals surface area contributed by atoms with Gasteiger partial charge in [0.15, 0.2) is 0 Å². The van der Waals surface area contributed by atoms with Crippen LogP contribution in [0.25, 0.3) is 0 Å². The van der Waals surface area contributed by atoms with E-state index in [1.165, 1.54) is 15.9 Å². The van der Waals surface area contributed by atoms with Crippen molar-refractivity contribution in [1.82, 2.24) is 6.15 Å². The summed E-state index contributed by atoms with van der Waals surface area (Å²) in [5.74, 6) is 0. The summed E-state index contributed by atoms with van der Waals surface area (Å²) >= 11 is 0. The molecule has 3 aromatic rings. The van der Waals surface area contributed by atoms with Crippen molar-refractivity contribution < 1.29 is 0 Å². The second kappa shape index (κ2) is 7.00. The predicted octanol–water partition coefficient (Wildman–Crippen LogP) is 3.61. The molecule has 20 heavy (non-hydrogen) atoms. The molecule has 0 saturated heterocycles. The van der Waals surface area contributed by atoms with E-state index >= 15 is 0 Å². The van der Waals surface area contributed by atoms with Crippen LogP contribution in [0.15, 0.2) is 91.0 Å². The van der Waals surface area contributed by atoms with Gasteiger partial charge in [0.05, 0.1) is 0 Å². The van der Waals surface area contributed by atoms with E-state index in [0.29, 0.717) is 0 Å². The van der Waals surface area contributed by atoms with Crippen LogP contribution >= 0.6 is 7.92 Å². The Morgan fingerprint density at radius 3 is 0.900 bits per heavy atom. The van der Waals surface area contributed by atoms with Gasteiger partial charge in [0.2, 0.25) is 0 Å². The lowest BCUT2D eigenvalue weighted by Crippen LogP contribution is -2.20. The van der Waals surface area contributed by atoms with E-state index in [1.54, 1.807) is 0 Å². The SMILES string of the molecule is N.c1ccc(P(c2ccccc2)c2ccccc2)cc1. The fraction of sp³-hybridized carbons (Fsp3) is 0. The second-order valence-electron chi connectivity index (χ2n) is 4.34. The summed E-state index contributed by atoms with van der Waals surface area (Å²) in [6.07, 6.45) is 0. The average molecular weight is 279 g/mol. The maximum atomic E-state index is 2.23. The maximum absolute atomic E-state index is 2.23. The molecule has 3 N–H and O–H groups in total. The van der Waals surface area contributed by atoms with Gasteiger partial charge in [-0.3, -0.25) is 0 Å². The predicted molar refractivity (Wildman–Crippen MR) is 90.2 cm³/mol. The molecule has 1 nitrogen and oxygen atoms in total. The minimum atomic E-state index is -0.446. The molecule has 0 aromatic heterocycles. The van der Waals surface area contributed by atoms with Crippen molar-refractivity contribution in [3.05, 3.63) is 91.0 Å². The molecule has 0 unspecified atom stereocenters. The zero-order chi connectivity index (χ0) is 12.9. The summed E-state index contributed by atoms with van der Waals surface area (Å²) in [7, 11) is -0.446. The molecule has 0 bridgehead atoms. The molecule has 0 radical (unpaired) electrons. The molecule has 3 rings (SSSR count). The van der Waals surface area contributed by atoms with Crippen molar-refractivity contribution in [2.75, 3.05) is 0 Å². The Morgan fingerprint density at radius 2 is 0.650 bits per heavy atom. The molecule has 100 valence electrons. The molecule has 3 aromatic carbocycles. The van der Waals surface area contributed by atoms with Crippen molar-refractivity contribution in [3.8, 4) is 0 Å². The third-order valence-corrected chi connectivity index (χ3v) is 5.49. The van der Waals surface area contributed by atoms with E-state index < -0.39 is 7.92 Å². The highest BCUT2D eigenvalue weighted by Gasteiger charge is 2.14. The van der Waals surface area contributed by atoms with Gasteiger partial charge in [0.1, 0.15) is 0 Å². The van der Waals surface area contributed by atoms with E-state index in [1.807, 2.05) is 0 Å². The summed E-state index contributed by atoms with van der Waals surface area (Å²) < 4.78 is 0. The standard InChI is InChI=1S/C18H15P.H3N/c1-4-10-16(11-5-1)19(17-12-6-2-7-13-17)18-14-8-3-9-15-18;/h1-15H;1H3. The van der Waals surface area contributed by atoms with E-state index in [9.17, 15) is 0 Å². The molecule has 0 aliphatic heterocycles. The quantitative estimate of drug-likeness (QED) is 0.730. The van der Waals surface area contributed by atoms with Gasteiger partial charge in [-0.15, -0.1) is 0 Å². The highest BCUT2D eigenvalue weighted by molar-refractivity contribution is 7.79. The Labute approximate surface area is 121 Å². The second-order valence-corrected chi connectivity index (χ2v) is 6.56. The molecule has 0 aliphatic rings. The Morgan fingerprint density at radius 1 is 0.400 bits per heavy atom. The Balaban J connectivity index is 0.00000147. The monoisotopic (exact) mass is 279 g/mol.